The topological polar surface area (TPSA) is 50.9 Å². The molecule has 0 unspecified atom stereocenters. The van der Waals surface area contributed by atoms with Gasteiger partial charge in [-0.15, -0.1) is 11.3 Å². The molecule has 5 rings (SSSR count). The minimum Gasteiger partial charge on any atom is -0.508 e. The van der Waals surface area contributed by atoms with E-state index in [-0.39, 0.29) is 5.75 Å². The third kappa shape index (κ3) is 2.88. The van der Waals surface area contributed by atoms with Crippen LogP contribution in [-0.2, 0) is 0 Å². The molecule has 0 saturated carbocycles. The molecule has 0 saturated heterocycles. The molecule has 0 bridgehead atoms. The van der Waals surface area contributed by atoms with E-state index >= 15 is 0 Å². The van der Waals surface area contributed by atoms with E-state index < -0.39 is 0 Å². The molecule has 27 heavy (non-hydrogen) atoms. The van der Waals surface area contributed by atoms with Gasteiger partial charge in [0.1, 0.15) is 16.5 Å². The molecule has 0 aliphatic carbocycles. The van der Waals surface area contributed by atoms with Crippen LogP contribution in [0.2, 0.25) is 0 Å². The van der Waals surface area contributed by atoms with Crippen molar-refractivity contribution in [1.82, 2.24) is 14.8 Å². The van der Waals surface area contributed by atoms with E-state index in [0.717, 1.165) is 37.7 Å². The number of thiazole rings is 1. The number of rotatable bonds is 3. The summed E-state index contributed by atoms with van der Waals surface area (Å²) in [7, 11) is 0. The van der Waals surface area contributed by atoms with Crippen molar-refractivity contribution in [3.8, 4) is 33.3 Å². The van der Waals surface area contributed by atoms with Gasteiger partial charge in [0.2, 0.25) is 0 Å². The predicted octanol–water partition coefficient (Wildman–Crippen LogP) is 5.52. The van der Waals surface area contributed by atoms with Crippen LogP contribution in [0, 0.1) is 0 Å². The molecule has 0 aliphatic heterocycles. The first kappa shape index (κ1) is 15.8. The molecule has 0 atom stereocenters. The lowest BCUT2D eigenvalue weighted by molar-refractivity contribution is 0.475. The zero-order chi connectivity index (χ0) is 18.2. The monoisotopic (exact) mass is 369 g/mol. The molecule has 4 nitrogen and oxygen atoms in total. The lowest BCUT2D eigenvalue weighted by atomic mass is 10.1. The fraction of sp³-hybridized carbons (Fsp3) is 0. The van der Waals surface area contributed by atoms with Gasteiger partial charge < -0.3 is 5.11 Å². The first-order chi connectivity index (χ1) is 13.3. The van der Waals surface area contributed by atoms with Gasteiger partial charge in [0, 0.05) is 11.8 Å². The number of phenolic OH excluding ortho intramolecular Hbond substituents is 1. The van der Waals surface area contributed by atoms with E-state index in [0.29, 0.717) is 0 Å². The van der Waals surface area contributed by atoms with E-state index in [1.54, 1.807) is 23.5 Å². The molecule has 0 radical (unpaired) electrons. The Morgan fingerprint density at radius 1 is 0.815 bits per heavy atom. The number of para-hydroxylation sites is 2. The molecule has 0 spiro atoms. The number of phenols is 1. The molecule has 5 aromatic rings. The van der Waals surface area contributed by atoms with Crippen molar-refractivity contribution < 1.29 is 5.11 Å². The Balaban J connectivity index is 1.72. The summed E-state index contributed by atoms with van der Waals surface area (Å²) in [6.07, 6.45) is 2.02. The van der Waals surface area contributed by atoms with Gasteiger partial charge in [-0.2, -0.15) is 5.10 Å². The smallest absolute Gasteiger partial charge is 0.128 e. The first-order valence-electron chi connectivity index (χ1n) is 8.58. The molecular formula is C22H15N3OS. The summed E-state index contributed by atoms with van der Waals surface area (Å²) < 4.78 is 3.03. The number of nitrogens with zero attached hydrogens (tertiary/aromatic N) is 3. The highest BCUT2D eigenvalue weighted by Crippen LogP contribution is 2.37. The molecule has 130 valence electrons. The van der Waals surface area contributed by atoms with Crippen LogP contribution in [0.1, 0.15) is 0 Å². The summed E-state index contributed by atoms with van der Waals surface area (Å²) in [6.45, 7) is 0. The molecule has 0 fully saturated rings. The number of benzene rings is 3. The molecule has 0 amide bonds. The molecule has 5 heteroatoms. The molecule has 2 heterocycles. The third-order valence-corrected chi connectivity index (χ3v) is 5.47. The second kappa shape index (κ2) is 6.37. The maximum atomic E-state index is 9.63. The highest BCUT2D eigenvalue weighted by molar-refractivity contribution is 7.21. The lowest BCUT2D eigenvalue weighted by Gasteiger charge is -2.01. The van der Waals surface area contributed by atoms with Gasteiger partial charge >= 0.3 is 0 Å². The quantitative estimate of drug-likeness (QED) is 0.455. The summed E-state index contributed by atoms with van der Waals surface area (Å²) in [6, 6.07) is 25.3. The number of fused-ring (bicyclic) bond motifs is 1. The van der Waals surface area contributed by atoms with Gasteiger partial charge in [-0.3, -0.25) is 0 Å². The predicted molar refractivity (Wildman–Crippen MR) is 109 cm³/mol. The number of hydrogen-bond donors (Lipinski definition) is 1. The van der Waals surface area contributed by atoms with Gasteiger partial charge in [-0.05, 0) is 48.5 Å². The molecule has 2 aromatic heterocycles. The van der Waals surface area contributed by atoms with E-state index in [1.807, 2.05) is 71.5 Å². The largest absolute Gasteiger partial charge is 0.508 e. The van der Waals surface area contributed by atoms with Crippen LogP contribution >= 0.6 is 11.3 Å². The Bertz CT molecular complexity index is 1190. The number of aromatic nitrogens is 3. The average molecular weight is 369 g/mol. The fourth-order valence-corrected chi connectivity index (χ4v) is 4.04. The van der Waals surface area contributed by atoms with E-state index in [4.69, 9.17) is 10.1 Å². The van der Waals surface area contributed by atoms with E-state index in [1.165, 1.54) is 0 Å². The zero-order valence-electron chi connectivity index (χ0n) is 14.3. The molecule has 0 aliphatic rings. The number of hydrogen-bond acceptors (Lipinski definition) is 4. The Morgan fingerprint density at radius 3 is 2.33 bits per heavy atom. The van der Waals surface area contributed by atoms with Crippen LogP contribution in [-0.4, -0.2) is 19.9 Å². The summed E-state index contributed by atoms with van der Waals surface area (Å²) >= 11 is 1.66. The summed E-state index contributed by atoms with van der Waals surface area (Å²) in [5.41, 5.74) is 4.74. The molecule has 3 aromatic carbocycles. The second-order valence-corrected chi connectivity index (χ2v) is 7.24. The van der Waals surface area contributed by atoms with Crippen LogP contribution in [0.25, 0.3) is 37.7 Å². The SMILES string of the molecule is Oc1ccc(-c2nn(-c3ccccc3)cc2-c2nc3ccccc3s2)cc1. The van der Waals surface area contributed by atoms with Crippen molar-refractivity contribution in [2.45, 2.75) is 0 Å². The van der Waals surface area contributed by atoms with Crippen molar-refractivity contribution in [2.24, 2.45) is 0 Å². The van der Waals surface area contributed by atoms with Crippen molar-refractivity contribution in [2.75, 3.05) is 0 Å². The minimum atomic E-state index is 0.239. The zero-order valence-corrected chi connectivity index (χ0v) is 15.1. The maximum absolute atomic E-state index is 9.63. The van der Waals surface area contributed by atoms with Crippen LogP contribution < -0.4 is 0 Å². The van der Waals surface area contributed by atoms with Gasteiger partial charge in [-0.1, -0.05) is 30.3 Å². The third-order valence-electron chi connectivity index (χ3n) is 4.40. The molecule has 1 N–H and O–H groups in total. The van der Waals surface area contributed by atoms with Crippen LogP contribution in [0.3, 0.4) is 0 Å². The van der Waals surface area contributed by atoms with Crippen molar-refractivity contribution in [3.05, 3.63) is 85.1 Å². The van der Waals surface area contributed by atoms with Gasteiger partial charge in [0.15, 0.2) is 0 Å². The highest BCUT2D eigenvalue weighted by Gasteiger charge is 2.17. The summed E-state index contributed by atoms with van der Waals surface area (Å²) in [4.78, 5) is 4.81. The summed E-state index contributed by atoms with van der Waals surface area (Å²) in [5.74, 6) is 0.239. The maximum Gasteiger partial charge on any atom is 0.128 e. The fourth-order valence-electron chi connectivity index (χ4n) is 3.06. The van der Waals surface area contributed by atoms with E-state index in [2.05, 4.69) is 6.07 Å². The van der Waals surface area contributed by atoms with E-state index in [9.17, 15) is 5.11 Å². The lowest BCUT2D eigenvalue weighted by Crippen LogP contribution is -1.93. The molecular weight excluding hydrogens is 354 g/mol. The Hall–Kier alpha value is -3.44. The van der Waals surface area contributed by atoms with Crippen LogP contribution in [0.4, 0.5) is 0 Å². The normalized spacial score (nSPS) is 11.1. The minimum absolute atomic E-state index is 0.239. The van der Waals surface area contributed by atoms with Crippen molar-refractivity contribution in [3.63, 3.8) is 0 Å². The standard InChI is InChI=1S/C22H15N3OS/c26-17-12-10-15(11-13-17)21-18(14-25(24-21)16-6-2-1-3-7-16)22-23-19-8-4-5-9-20(19)27-22/h1-14,26H. The van der Waals surface area contributed by atoms with Gasteiger partial charge in [0.05, 0.1) is 21.5 Å². The van der Waals surface area contributed by atoms with Crippen molar-refractivity contribution in [1.29, 1.82) is 0 Å². The Kier molecular flexibility index (Phi) is 3.73. The Morgan fingerprint density at radius 2 is 1.56 bits per heavy atom. The summed E-state index contributed by atoms with van der Waals surface area (Å²) in [5, 5.41) is 15.4. The second-order valence-electron chi connectivity index (χ2n) is 6.21. The average Bonchev–Trinajstić information content (AvgIpc) is 3.33. The number of aromatic hydroxyl groups is 1. The van der Waals surface area contributed by atoms with Crippen LogP contribution in [0.15, 0.2) is 85.1 Å². The van der Waals surface area contributed by atoms with Gasteiger partial charge in [0.25, 0.3) is 0 Å². The first-order valence-corrected chi connectivity index (χ1v) is 9.40. The van der Waals surface area contributed by atoms with Crippen LogP contribution in [0.5, 0.6) is 5.75 Å². The Labute approximate surface area is 160 Å². The highest BCUT2D eigenvalue weighted by atomic mass is 32.1. The van der Waals surface area contributed by atoms with Crippen molar-refractivity contribution >= 4 is 21.6 Å². The van der Waals surface area contributed by atoms with Gasteiger partial charge in [-0.25, -0.2) is 9.67 Å².